The fourth-order valence-electron chi connectivity index (χ4n) is 3.56. The third kappa shape index (κ3) is 5.13. The minimum Gasteiger partial charge on any atom is -0.497 e. The highest BCUT2D eigenvalue weighted by Crippen LogP contribution is 2.26. The Balaban J connectivity index is 1.97. The zero-order valence-corrected chi connectivity index (χ0v) is 18.9. The number of nitrogens with zero attached hydrogens (tertiary/aromatic N) is 4. The molecule has 0 unspecified atom stereocenters. The standard InChI is InChI=1S/C24H30N4O4/c1-4-6-12-27(5-2)22(30)16-28-21-14-19(32-3)9-10-20(21)23(26-28)24(31)17-7-8-18(11-13-29)25-15-17/h7-10,14-15,29H,4-6,11-13,16H2,1-3H3. The number of aliphatic hydroxyl groups is 1. The second-order valence-electron chi connectivity index (χ2n) is 7.56. The molecule has 0 saturated carbocycles. The van der Waals surface area contributed by atoms with Crippen LogP contribution in [0.3, 0.4) is 0 Å². The van der Waals surface area contributed by atoms with Crippen LogP contribution in [0.25, 0.3) is 10.9 Å². The first kappa shape index (κ1) is 23.4. The summed E-state index contributed by atoms with van der Waals surface area (Å²) in [6.45, 7) is 5.42. The lowest BCUT2D eigenvalue weighted by Gasteiger charge is -2.20. The van der Waals surface area contributed by atoms with Crippen LogP contribution < -0.4 is 4.74 Å². The van der Waals surface area contributed by atoms with Crippen molar-refractivity contribution in [3.8, 4) is 5.75 Å². The number of aliphatic hydroxyl groups excluding tert-OH is 1. The summed E-state index contributed by atoms with van der Waals surface area (Å²) in [6.07, 6.45) is 3.88. The Morgan fingerprint density at radius 2 is 2.00 bits per heavy atom. The van der Waals surface area contributed by atoms with Gasteiger partial charge in [0.2, 0.25) is 11.7 Å². The topological polar surface area (TPSA) is 97.6 Å². The highest BCUT2D eigenvalue weighted by atomic mass is 16.5. The number of carbonyl (C=O) groups excluding carboxylic acids is 2. The summed E-state index contributed by atoms with van der Waals surface area (Å²) in [5.41, 5.74) is 2.04. The first-order valence-electron chi connectivity index (χ1n) is 10.9. The summed E-state index contributed by atoms with van der Waals surface area (Å²) in [5.74, 6) is 0.313. The van der Waals surface area contributed by atoms with Gasteiger partial charge in [0, 0.05) is 55.0 Å². The number of hydrogen-bond donors (Lipinski definition) is 1. The number of rotatable bonds is 11. The maximum atomic E-state index is 13.2. The number of methoxy groups -OCH3 is 1. The van der Waals surface area contributed by atoms with Crippen LogP contribution in [-0.4, -0.2) is 63.3 Å². The SMILES string of the molecule is CCCCN(CC)C(=O)Cn1nc(C(=O)c2ccc(CCO)nc2)c2ccc(OC)cc21. The van der Waals surface area contributed by atoms with Crippen molar-refractivity contribution in [2.24, 2.45) is 0 Å². The van der Waals surface area contributed by atoms with E-state index in [1.54, 1.807) is 42.1 Å². The van der Waals surface area contributed by atoms with E-state index in [4.69, 9.17) is 9.84 Å². The van der Waals surface area contributed by atoms with E-state index in [9.17, 15) is 9.59 Å². The molecule has 0 fully saturated rings. The molecule has 2 aromatic heterocycles. The van der Waals surface area contributed by atoms with Gasteiger partial charge in [-0.2, -0.15) is 5.10 Å². The first-order valence-corrected chi connectivity index (χ1v) is 10.9. The number of benzene rings is 1. The number of carbonyl (C=O) groups is 2. The molecule has 1 amide bonds. The van der Waals surface area contributed by atoms with E-state index in [2.05, 4.69) is 17.0 Å². The van der Waals surface area contributed by atoms with Crippen LogP contribution in [0.5, 0.6) is 5.75 Å². The Hall–Kier alpha value is -3.26. The van der Waals surface area contributed by atoms with Gasteiger partial charge >= 0.3 is 0 Å². The van der Waals surface area contributed by atoms with Crippen molar-refractivity contribution in [2.45, 2.75) is 39.7 Å². The average Bonchev–Trinajstić information content (AvgIpc) is 3.17. The molecule has 8 heteroatoms. The van der Waals surface area contributed by atoms with Crippen LogP contribution in [0.4, 0.5) is 0 Å². The molecule has 0 saturated heterocycles. The molecule has 32 heavy (non-hydrogen) atoms. The first-order chi connectivity index (χ1) is 15.5. The van der Waals surface area contributed by atoms with E-state index in [0.717, 1.165) is 12.8 Å². The smallest absolute Gasteiger partial charge is 0.244 e. The van der Waals surface area contributed by atoms with Crippen LogP contribution in [0, 0.1) is 0 Å². The highest BCUT2D eigenvalue weighted by molar-refractivity contribution is 6.15. The van der Waals surface area contributed by atoms with E-state index in [1.165, 1.54) is 6.20 Å². The predicted octanol–water partition coefficient (Wildman–Crippen LogP) is 2.85. The Bertz CT molecular complexity index is 1080. The van der Waals surface area contributed by atoms with Gasteiger partial charge < -0.3 is 14.7 Å². The highest BCUT2D eigenvalue weighted by Gasteiger charge is 2.22. The molecule has 0 bridgehead atoms. The normalized spacial score (nSPS) is 11.0. The third-order valence-corrected chi connectivity index (χ3v) is 5.43. The van der Waals surface area contributed by atoms with Crippen molar-refractivity contribution in [2.75, 3.05) is 26.8 Å². The van der Waals surface area contributed by atoms with E-state index in [0.29, 0.717) is 47.4 Å². The minimum atomic E-state index is -0.271. The lowest BCUT2D eigenvalue weighted by atomic mass is 10.1. The van der Waals surface area contributed by atoms with Gasteiger partial charge in [0.15, 0.2) is 0 Å². The number of likely N-dealkylation sites (N-methyl/N-ethyl adjacent to an activating group) is 1. The van der Waals surface area contributed by atoms with Gasteiger partial charge in [0.05, 0.1) is 12.6 Å². The maximum Gasteiger partial charge on any atom is 0.244 e. The van der Waals surface area contributed by atoms with Gasteiger partial charge in [0.25, 0.3) is 0 Å². The van der Waals surface area contributed by atoms with Gasteiger partial charge in [-0.15, -0.1) is 0 Å². The Morgan fingerprint density at radius 3 is 2.62 bits per heavy atom. The van der Waals surface area contributed by atoms with E-state index in [-0.39, 0.29) is 30.5 Å². The summed E-state index contributed by atoms with van der Waals surface area (Å²) in [5, 5.41) is 14.2. The summed E-state index contributed by atoms with van der Waals surface area (Å²) in [7, 11) is 1.57. The summed E-state index contributed by atoms with van der Waals surface area (Å²) in [4.78, 5) is 32.2. The average molecular weight is 439 g/mol. The molecule has 3 rings (SSSR count). The largest absolute Gasteiger partial charge is 0.497 e. The van der Waals surface area contributed by atoms with Gasteiger partial charge in [-0.1, -0.05) is 13.3 Å². The monoisotopic (exact) mass is 438 g/mol. The molecule has 0 atom stereocenters. The number of ether oxygens (including phenoxy) is 1. The van der Waals surface area contributed by atoms with Crippen molar-refractivity contribution in [1.82, 2.24) is 19.7 Å². The van der Waals surface area contributed by atoms with E-state index >= 15 is 0 Å². The molecule has 0 aliphatic carbocycles. The van der Waals surface area contributed by atoms with Crippen molar-refractivity contribution >= 4 is 22.6 Å². The summed E-state index contributed by atoms with van der Waals surface area (Å²) >= 11 is 0. The van der Waals surface area contributed by atoms with Crippen molar-refractivity contribution in [1.29, 1.82) is 0 Å². The summed E-state index contributed by atoms with van der Waals surface area (Å²) < 4.78 is 6.92. The van der Waals surface area contributed by atoms with Gasteiger partial charge in [0.1, 0.15) is 18.0 Å². The van der Waals surface area contributed by atoms with Crippen LogP contribution in [0.15, 0.2) is 36.5 Å². The molecule has 1 aromatic carbocycles. The second kappa shape index (κ2) is 10.9. The van der Waals surface area contributed by atoms with E-state index < -0.39 is 0 Å². The molecule has 0 aliphatic rings. The molecule has 2 heterocycles. The van der Waals surface area contributed by atoms with Gasteiger partial charge in [-0.05, 0) is 37.6 Å². The number of ketones is 1. The summed E-state index contributed by atoms with van der Waals surface area (Å²) in [6, 6.07) is 8.76. The molecule has 0 radical (unpaired) electrons. The lowest BCUT2D eigenvalue weighted by molar-refractivity contribution is -0.131. The van der Waals surface area contributed by atoms with Crippen LogP contribution in [0.2, 0.25) is 0 Å². The zero-order valence-electron chi connectivity index (χ0n) is 18.9. The van der Waals surface area contributed by atoms with Crippen LogP contribution in [0.1, 0.15) is 48.4 Å². The third-order valence-electron chi connectivity index (χ3n) is 5.43. The van der Waals surface area contributed by atoms with E-state index in [1.807, 2.05) is 11.8 Å². The van der Waals surface area contributed by atoms with Crippen molar-refractivity contribution in [3.05, 3.63) is 53.5 Å². The number of pyridine rings is 1. The minimum absolute atomic E-state index is 0.00175. The van der Waals surface area contributed by atoms with Gasteiger partial charge in [-0.3, -0.25) is 19.3 Å². The zero-order chi connectivity index (χ0) is 23.1. The molecule has 0 aliphatic heterocycles. The molecular formula is C24H30N4O4. The number of aromatic nitrogens is 3. The Morgan fingerprint density at radius 1 is 1.19 bits per heavy atom. The lowest BCUT2D eigenvalue weighted by Crippen LogP contribution is -2.34. The van der Waals surface area contributed by atoms with Crippen LogP contribution in [-0.2, 0) is 17.8 Å². The molecule has 1 N–H and O–H groups in total. The molecule has 8 nitrogen and oxygen atoms in total. The Kier molecular flexibility index (Phi) is 7.94. The number of amides is 1. The fourth-order valence-corrected chi connectivity index (χ4v) is 3.56. The molecular weight excluding hydrogens is 408 g/mol. The van der Waals surface area contributed by atoms with Crippen molar-refractivity contribution < 1.29 is 19.4 Å². The number of unbranched alkanes of at least 4 members (excludes halogenated alkanes) is 1. The van der Waals surface area contributed by atoms with Crippen molar-refractivity contribution in [3.63, 3.8) is 0 Å². The number of fused-ring (bicyclic) bond motifs is 1. The quantitative estimate of drug-likeness (QED) is 0.463. The second-order valence-corrected chi connectivity index (χ2v) is 7.56. The molecule has 170 valence electrons. The predicted molar refractivity (Wildman–Crippen MR) is 122 cm³/mol. The molecule has 0 spiro atoms. The molecule has 3 aromatic rings. The number of hydrogen-bond acceptors (Lipinski definition) is 6. The fraction of sp³-hybridized carbons (Fsp3) is 0.417. The van der Waals surface area contributed by atoms with Crippen LogP contribution >= 0.6 is 0 Å². The Labute approximate surface area is 187 Å². The maximum absolute atomic E-state index is 13.2. The van der Waals surface area contributed by atoms with Gasteiger partial charge in [-0.25, -0.2) is 0 Å².